The summed E-state index contributed by atoms with van der Waals surface area (Å²) < 4.78 is 1.94. The Balaban J connectivity index is 0.000000588. The van der Waals surface area contributed by atoms with Crippen molar-refractivity contribution in [1.29, 1.82) is 0 Å². The van der Waals surface area contributed by atoms with Crippen LogP contribution in [0.3, 0.4) is 0 Å². The van der Waals surface area contributed by atoms with E-state index in [0.717, 1.165) is 31.5 Å². The van der Waals surface area contributed by atoms with Gasteiger partial charge in [0.1, 0.15) is 5.52 Å². The molecule has 0 saturated heterocycles. The van der Waals surface area contributed by atoms with Gasteiger partial charge in [0.2, 0.25) is 0 Å². The van der Waals surface area contributed by atoms with Crippen LogP contribution in [-0.4, -0.2) is 29.5 Å². The summed E-state index contributed by atoms with van der Waals surface area (Å²) in [5, 5.41) is 0. The van der Waals surface area contributed by atoms with Gasteiger partial charge in [-0.25, -0.2) is 27.7 Å². The van der Waals surface area contributed by atoms with Crippen molar-refractivity contribution >= 4 is 29.1 Å². The van der Waals surface area contributed by atoms with Gasteiger partial charge in [0.15, 0.2) is 5.65 Å². The Kier molecular flexibility index (Phi) is 18.0. The van der Waals surface area contributed by atoms with E-state index < -0.39 is 0 Å². The molecule has 0 amide bonds. The first kappa shape index (κ1) is 42.1. The summed E-state index contributed by atoms with van der Waals surface area (Å²) in [6.45, 7) is 16.4. The Bertz CT molecular complexity index is 1450. The number of imidazole rings is 1. The maximum absolute atomic E-state index is 7.48. The molecule has 0 unspecified atom stereocenters. The summed E-state index contributed by atoms with van der Waals surface area (Å²) >= 11 is 0. The van der Waals surface area contributed by atoms with Crippen molar-refractivity contribution < 1.29 is 91.8 Å². The van der Waals surface area contributed by atoms with Gasteiger partial charge in [-0.15, -0.1) is 6.08 Å². The summed E-state index contributed by atoms with van der Waals surface area (Å²) in [5.74, 6) is 0.194. The molecule has 43 heavy (non-hydrogen) atoms. The first-order chi connectivity index (χ1) is 18.5. The average molecular weight is 1180 g/mol. The molecule has 1 radical (unpaired) electrons. The second-order valence-electron chi connectivity index (χ2n) is 11.9. The van der Waals surface area contributed by atoms with Crippen LogP contribution in [0.2, 0.25) is 0 Å². The third kappa shape index (κ3) is 11.2. The Hall–Kier alpha value is -0.857. The molecular formula is C32H37N7UVW2-4. The quantitative estimate of drug-likeness (QED) is 0.195. The molecule has 0 spiro atoms. The molecule has 0 atom stereocenters. The van der Waals surface area contributed by atoms with Crippen LogP contribution in [0.4, 0.5) is 5.82 Å². The van der Waals surface area contributed by atoms with E-state index in [1.54, 1.807) is 12.5 Å². The van der Waals surface area contributed by atoms with Crippen LogP contribution in [0.15, 0.2) is 42.1 Å². The standard InChI is InChI=1S/C12H13N.C12H14N.C8H10N5.U.V.2W/c1-12(2,3)11-6-9-4-5-13-8-10(9)7-11;1-12(2,3)10-7-9-5-4-6-13-11(9)8-10;1-2-3-13-5-12-6-7(9)10-4-11-8(6)13;;;;/h4,6H,7H2,1-3H3;5-7H,8H2,1-3H3;4-5H,2-3H2,1H3,(H-,9,10,11);;;;/q-2;2*-1;;;;. The fourth-order valence-electron chi connectivity index (χ4n) is 4.39. The molecule has 11 heteroatoms. The number of hydrogen-bond donors (Lipinski definition) is 0. The van der Waals surface area contributed by atoms with Gasteiger partial charge < -0.3 is 20.3 Å². The number of nitrogens with one attached hydrogen (secondary N) is 1. The SMILES string of the molecule is CC(C)(C)C1=Cc2c[c-]cnc2C1.CC(C)(C)C1=Cc2c[c-]n[c-]c2C1.CCCn1cnc2c([NH-])ncnc21.[U].[V].[W].[W]. The number of allylic oxidation sites excluding steroid dienone is 2. The molecule has 6 rings (SSSR count). The fraction of sp³-hybridized carbons (Fsp3) is 0.406. The van der Waals surface area contributed by atoms with Gasteiger partial charge in [0, 0.05) is 105 Å². The summed E-state index contributed by atoms with van der Waals surface area (Å²) in [5.41, 5.74) is 17.1. The predicted molar refractivity (Wildman–Crippen MR) is 157 cm³/mol. The first-order valence-electron chi connectivity index (χ1n) is 13.4. The van der Waals surface area contributed by atoms with Gasteiger partial charge in [0.25, 0.3) is 0 Å². The third-order valence-corrected chi connectivity index (χ3v) is 6.87. The van der Waals surface area contributed by atoms with Crippen molar-refractivity contribution in [3.8, 4) is 0 Å². The van der Waals surface area contributed by atoms with Crippen LogP contribution >= 0.6 is 0 Å². The molecule has 1 N–H and O–H groups in total. The summed E-state index contributed by atoms with van der Waals surface area (Å²) in [4.78, 5) is 20.1. The van der Waals surface area contributed by atoms with Crippen molar-refractivity contribution in [3.63, 3.8) is 0 Å². The minimum Gasteiger partial charge on any atom is -0.543 e. The molecular weight excluding hydrogens is 1140 g/mol. The van der Waals surface area contributed by atoms with E-state index in [2.05, 4.69) is 104 Å². The maximum atomic E-state index is 7.48. The average Bonchev–Trinajstić information content (AvgIpc) is 3.62. The van der Waals surface area contributed by atoms with Gasteiger partial charge >= 0.3 is 0 Å². The van der Waals surface area contributed by atoms with Crippen molar-refractivity contribution in [2.24, 2.45) is 10.8 Å². The fourth-order valence-corrected chi connectivity index (χ4v) is 4.39. The maximum Gasteiger partial charge on any atom is 0.159 e. The van der Waals surface area contributed by atoms with E-state index in [4.69, 9.17) is 5.73 Å². The normalized spacial score (nSPS) is 12.6. The zero-order valence-electron chi connectivity index (χ0n) is 25.8. The van der Waals surface area contributed by atoms with E-state index in [1.165, 1.54) is 39.9 Å². The smallest absolute Gasteiger partial charge is 0.159 e. The molecule has 2 aliphatic rings. The van der Waals surface area contributed by atoms with E-state index in [9.17, 15) is 0 Å². The number of aromatic nitrogens is 6. The van der Waals surface area contributed by atoms with Gasteiger partial charge in [-0.1, -0.05) is 65.8 Å². The third-order valence-electron chi connectivity index (χ3n) is 6.87. The Morgan fingerprint density at radius 3 is 2.14 bits per heavy atom. The molecule has 4 heterocycles. The van der Waals surface area contributed by atoms with Crippen LogP contribution < -0.4 is 0 Å². The Labute approximate surface area is 321 Å². The van der Waals surface area contributed by atoms with Crippen molar-refractivity contribution in [2.45, 2.75) is 74.3 Å². The second kappa shape index (κ2) is 18.3. The van der Waals surface area contributed by atoms with Gasteiger partial charge in [0.05, 0.1) is 6.33 Å². The van der Waals surface area contributed by atoms with Crippen LogP contribution in [0.25, 0.3) is 29.0 Å². The largest absolute Gasteiger partial charge is 0.543 e. The zero-order valence-corrected chi connectivity index (χ0v) is 37.2. The molecule has 0 saturated carbocycles. The van der Waals surface area contributed by atoms with Crippen LogP contribution in [-0.2, 0) is 80.1 Å². The van der Waals surface area contributed by atoms with Crippen LogP contribution in [0, 0.1) is 60.4 Å². The minimum atomic E-state index is 0. The minimum absolute atomic E-state index is 0. The van der Waals surface area contributed by atoms with Gasteiger partial charge in [-0.05, 0) is 41.6 Å². The van der Waals surface area contributed by atoms with Gasteiger partial charge in [-0.3, -0.25) is 29.0 Å². The zero-order chi connectivity index (χ0) is 28.2. The van der Waals surface area contributed by atoms with Gasteiger partial charge in [-0.2, -0.15) is 11.6 Å². The van der Waals surface area contributed by atoms with Crippen LogP contribution in [0.5, 0.6) is 0 Å². The molecule has 0 aromatic carbocycles. The Morgan fingerprint density at radius 2 is 1.53 bits per heavy atom. The van der Waals surface area contributed by atoms with E-state index in [-0.39, 0.29) is 108 Å². The number of fused-ring (bicyclic) bond motifs is 3. The number of aryl methyl sites for hydroxylation is 1. The van der Waals surface area contributed by atoms with Crippen molar-refractivity contribution in [1.82, 2.24) is 29.5 Å². The predicted octanol–water partition coefficient (Wildman–Crippen LogP) is 7.45. The van der Waals surface area contributed by atoms with Crippen LogP contribution in [0.1, 0.15) is 77.3 Å². The number of pyridine rings is 2. The number of nitrogens with zero attached hydrogens (tertiary/aromatic N) is 6. The number of rotatable bonds is 2. The Morgan fingerprint density at radius 1 is 0.884 bits per heavy atom. The second-order valence-corrected chi connectivity index (χ2v) is 11.9. The number of hydrogen-bond acceptors (Lipinski definition) is 5. The van der Waals surface area contributed by atoms with E-state index in [0.29, 0.717) is 5.52 Å². The first-order valence-corrected chi connectivity index (χ1v) is 13.4. The van der Waals surface area contributed by atoms with Crippen molar-refractivity contribution in [2.75, 3.05) is 0 Å². The monoisotopic (exact) mass is 1180 g/mol. The molecule has 2 aliphatic carbocycles. The molecule has 0 bridgehead atoms. The van der Waals surface area contributed by atoms with Crippen molar-refractivity contribution in [3.05, 3.63) is 88.7 Å². The summed E-state index contributed by atoms with van der Waals surface area (Å²) in [6, 6.07) is 6.96. The molecule has 0 fully saturated rings. The molecule has 4 aromatic rings. The molecule has 0 aliphatic heterocycles. The van der Waals surface area contributed by atoms with E-state index in [1.807, 2.05) is 16.7 Å². The molecule has 7 nitrogen and oxygen atoms in total. The molecule has 4 aromatic heterocycles. The summed E-state index contributed by atoms with van der Waals surface area (Å²) in [6.07, 6.45) is 18.2. The molecule has 225 valence electrons. The summed E-state index contributed by atoms with van der Waals surface area (Å²) in [7, 11) is 0. The topological polar surface area (TPSA) is 93.2 Å². The van der Waals surface area contributed by atoms with E-state index >= 15 is 0 Å².